The minimum Gasteiger partial charge on any atom is -0.349 e. The van der Waals surface area contributed by atoms with Crippen LogP contribution >= 0.6 is 0 Å². The van der Waals surface area contributed by atoms with E-state index < -0.39 is 0 Å². The van der Waals surface area contributed by atoms with Gasteiger partial charge in [0, 0.05) is 12.0 Å². The van der Waals surface area contributed by atoms with Crippen LogP contribution in [0.25, 0.3) is 0 Å². The number of rotatable bonds is 3. The number of H-pyrrole nitrogens is 1. The Hall–Kier alpha value is -1.39. The molecular formula is C12H20N4O. The number of amides is 1. The van der Waals surface area contributed by atoms with Crippen LogP contribution in [-0.2, 0) is 5.41 Å². The lowest BCUT2D eigenvalue weighted by molar-refractivity contribution is 0.0941. The van der Waals surface area contributed by atoms with Crippen LogP contribution in [-0.4, -0.2) is 27.6 Å². The van der Waals surface area contributed by atoms with Crippen molar-refractivity contribution in [3.05, 3.63) is 11.6 Å². The molecule has 1 aromatic rings. The van der Waals surface area contributed by atoms with Crippen LogP contribution in [0.2, 0.25) is 0 Å². The van der Waals surface area contributed by atoms with Gasteiger partial charge in [-0.05, 0) is 18.3 Å². The summed E-state index contributed by atoms with van der Waals surface area (Å²) in [6, 6.07) is 0. The van der Waals surface area contributed by atoms with Crippen molar-refractivity contribution >= 4 is 5.91 Å². The van der Waals surface area contributed by atoms with Crippen LogP contribution in [0.15, 0.2) is 0 Å². The summed E-state index contributed by atoms with van der Waals surface area (Å²) in [6.07, 6.45) is 1.21. The zero-order valence-corrected chi connectivity index (χ0v) is 10.9. The van der Waals surface area contributed by atoms with E-state index in [1.165, 1.54) is 6.42 Å². The quantitative estimate of drug-likeness (QED) is 0.835. The Bertz CT molecular complexity index is 418. The lowest BCUT2D eigenvalue weighted by Gasteiger charge is -2.12. The fourth-order valence-corrected chi connectivity index (χ4v) is 1.69. The van der Waals surface area contributed by atoms with Gasteiger partial charge in [0.15, 0.2) is 0 Å². The van der Waals surface area contributed by atoms with Crippen molar-refractivity contribution < 1.29 is 4.79 Å². The number of hydrogen-bond donors (Lipinski definition) is 2. The van der Waals surface area contributed by atoms with E-state index in [2.05, 4.69) is 27.4 Å². The second-order valence-corrected chi connectivity index (χ2v) is 5.94. The summed E-state index contributed by atoms with van der Waals surface area (Å²) < 4.78 is 0. The molecule has 1 aromatic heterocycles. The Morgan fingerprint density at radius 2 is 2.18 bits per heavy atom. The van der Waals surface area contributed by atoms with Crippen LogP contribution in [0.1, 0.15) is 50.6 Å². The summed E-state index contributed by atoms with van der Waals surface area (Å²) in [6.45, 7) is 9.02. The number of hydrogen-bond acceptors (Lipinski definition) is 3. The largest absolute Gasteiger partial charge is 0.349 e. The molecule has 17 heavy (non-hydrogen) atoms. The lowest BCUT2D eigenvalue weighted by Crippen LogP contribution is -2.27. The Kier molecular flexibility index (Phi) is 2.93. The van der Waals surface area contributed by atoms with Gasteiger partial charge < -0.3 is 5.32 Å². The molecule has 5 heteroatoms. The van der Waals surface area contributed by atoms with Crippen molar-refractivity contribution in [2.24, 2.45) is 11.8 Å². The third-order valence-electron chi connectivity index (χ3n) is 3.20. The highest BCUT2D eigenvalue weighted by Crippen LogP contribution is 2.36. The van der Waals surface area contributed by atoms with E-state index in [1.54, 1.807) is 0 Å². The number of aromatic amines is 1. The molecule has 2 atom stereocenters. The minimum absolute atomic E-state index is 0.115. The second-order valence-electron chi connectivity index (χ2n) is 5.94. The van der Waals surface area contributed by atoms with Crippen LogP contribution in [0.5, 0.6) is 0 Å². The average Bonchev–Trinajstić information content (AvgIpc) is 2.77. The van der Waals surface area contributed by atoms with Gasteiger partial charge in [0.25, 0.3) is 5.91 Å². The van der Waals surface area contributed by atoms with Crippen molar-refractivity contribution in [1.82, 2.24) is 20.5 Å². The number of aromatic nitrogens is 3. The van der Waals surface area contributed by atoms with Gasteiger partial charge in [0.05, 0.1) is 0 Å². The molecule has 94 valence electrons. The highest BCUT2D eigenvalue weighted by Gasteiger charge is 2.32. The van der Waals surface area contributed by atoms with Gasteiger partial charge in [0.2, 0.25) is 5.82 Å². The summed E-state index contributed by atoms with van der Waals surface area (Å²) >= 11 is 0. The molecule has 5 nitrogen and oxygen atoms in total. The van der Waals surface area contributed by atoms with Gasteiger partial charge in [-0.2, -0.15) is 0 Å². The van der Waals surface area contributed by atoms with E-state index in [-0.39, 0.29) is 17.1 Å². The van der Waals surface area contributed by atoms with Gasteiger partial charge >= 0.3 is 0 Å². The van der Waals surface area contributed by atoms with E-state index in [0.29, 0.717) is 5.92 Å². The fourth-order valence-electron chi connectivity index (χ4n) is 1.69. The molecule has 1 saturated carbocycles. The van der Waals surface area contributed by atoms with Crippen molar-refractivity contribution in [2.45, 2.75) is 39.5 Å². The molecule has 2 unspecified atom stereocenters. The molecule has 0 bridgehead atoms. The first-order valence-electron chi connectivity index (χ1n) is 6.09. The van der Waals surface area contributed by atoms with E-state index in [9.17, 15) is 4.79 Å². The van der Waals surface area contributed by atoms with Crippen LogP contribution in [0, 0.1) is 11.8 Å². The summed E-state index contributed by atoms with van der Waals surface area (Å²) in [7, 11) is 0. The maximum atomic E-state index is 11.8. The fraction of sp³-hybridized carbons (Fsp3) is 0.750. The number of carbonyl (C=O) groups excluding carboxylic acids is 1. The van der Waals surface area contributed by atoms with Crippen molar-refractivity contribution in [1.29, 1.82) is 0 Å². The summed E-state index contributed by atoms with van der Waals surface area (Å²) in [4.78, 5) is 16.0. The SMILES string of the molecule is CC1CC1CNC(=O)c1n[nH]c(C(C)(C)C)n1. The number of nitrogens with zero attached hydrogens (tertiary/aromatic N) is 2. The van der Waals surface area contributed by atoms with E-state index in [4.69, 9.17) is 0 Å². The molecule has 1 amide bonds. The minimum atomic E-state index is -0.184. The monoisotopic (exact) mass is 236 g/mol. The topological polar surface area (TPSA) is 70.7 Å². The molecule has 1 heterocycles. The van der Waals surface area contributed by atoms with Gasteiger partial charge in [0.1, 0.15) is 5.82 Å². The molecule has 2 rings (SSSR count). The first kappa shape index (κ1) is 12.1. The van der Waals surface area contributed by atoms with Crippen molar-refractivity contribution in [2.75, 3.05) is 6.54 Å². The highest BCUT2D eigenvalue weighted by molar-refractivity contribution is 5.90. The van der Waals surface area contributed by atoms with Gasteiger partial charge in [-0.1, -0.05) is 27.7 Å². The van der Waals surface area contributed by atoms with Crippen LogP contribution < -0.4 is 5.32 Å². The summed E-state index contributed by atoms with van der Waals surface area (Å²) in [5.41, 5.74) is -0.115. The Balaban J connectivity index is 1.92. The van der Waals surface area contributed by atoms with Crippen molar-refractivity contribution in [3.63, 3.8) is 0 Å². The van der Waals surface area contributed by atoms with E-state index >= 15 is 0 Å². The third-order valence-corrected chi connectivity index (χ3v) is 3.20. The zero-order chi connectivity index (χ0) is 12.6. The maximum absolute atomic E-state index is 11.8. The molecule has 1 fully saturated rings. The third kappa shape index (κ3) is 2.84. The van der Waals surface area contributed by atoms with Gasteiger partial charge in [-0.15, -0.1) is 5.10 Å². The standard InChI is InChI=1S/C12H20N4O/c1-7-5-8(7)6-13-10(17)9-14-11(16-15-9)12(2,3)4/h7-8H,5-6H2,1-4H3,(H,13,17)(H,14,15,16). The second kappa shape index (κ2) is 4.13. The van der Waals surface area contributed by atoms with Gasteiger partial charge in [-0.25, -0.2) is 4.98 Å². The average molecular weight is 236 g/mol. The summed E-state index contributed by atoms with van der Waals surface area (Å²) in [5, 5.41) is 9.64. The van der Waals surface area contributed by atoms with Gasteiger partial charge in [-0.3, -0.25) is 9.89 Å². The van der Waals surface area contributed by atoms with Crippen LogP contribution in [0.3, 0.4) is 0 Å². The summed E-state index contributed by atoms with van der Waals surface area (Å²) in [5.74, 6) is 2.18. The molecular weight excluding hydrogens is 216 g/mol. The molecule has 2 N–H and O–H groups in total. The van der Waals surface area contributed by atoms with E-state index in [0.717, 1.165) is 18.3 Å². The predicted octanol–water partition coefficient (Wildman–Crippen LogP) is 1.49. The highest BCUT2D eigenvalue weighted by atomic mass is 16.2. The zero-order valence-electron chi connectivity index (χ0n) is 10.9. The van der Waals surface area contributed by atoms with E-state index in [1.807, 2.05) is 20.8 Å². The first-order valence-corrected chi connectivity index (χ1v) is 6.09. The normalized spacial score (nSPS) is 23.5. The molecule has 1 aliphatic rings. The Morgan fingerprint density at radius 3 is 2.65 bits per heavy atom. The van der Waals surface area contributed by atoms with Crippen LogP contribution in [0.4, 0.5) is 0 Å². The molecule has 0 aliphatic heterocycles. The predicted molar refractivity (Wildman–Crippen MR) is 64.7 cm³/mol. The molecule has 0 spiro atoms. The molecule has 0 saturated heterocycles. The smallest absolute Gasteiger partial charge is 0.290 e. The Labute approximate surface area is 101 Å². The maximum Gasteiger partial charge on any atom is 0.290 e. The number of carbonyl (C=O) groups is 1. The first-order chi connectivity index (χ1) is 7.88. The lowest BCUT2D eigenvalue weighted by atomic mass is 9.96. The Morgan fingerprint density at radius 1 is 1.53 bits per heavy atom. The number of nitrogens with one attached hydrogen (secondary N) is 2. The molecule has 1 aliphatic carbocycles. The molecule has 0 aromatic carbocycles. The van der Waals surface area contributed by atoms with Crippen molar-refractivity contribution in [3.8, 4) is 0 Å². The molecule has 0 radical (unpaired) electrons.